The molecule has 0 heterocycles. The van der Waals surface area contributed by atoms with Crippen LogP contribution in [0.1, 0.15) is 23.7 Å². The van der Waals surface area contributed by atoms with Crippen molar-refractivity contribution in [1.29, 1.82) is 0 Å². The number of aliphatic hydroxyl groups is 1. The minimum atomic E-state index is -0.379. The van der Waals surface area contributed by atoms with Gasteiger partial charge >= 0.3 is 0 Å². The number of amides is 2. The molecule has 1 unspecified atom stereocenters. The maximum Gasteiger partial charge on any atom is 0.257 e. The van der Waals surface area contributed by atoms with Crippen LogP contribution < -0.4 is 5.32 Å². The van der Waals surface area contributed by atoms with Gasteiger partial charge in [-0.1, -0.05) is 25.1 Å². The van der Waals surface area contributed by atoms with Crippen LogP contribution in [0.4, 0.5) is 0 Å². The molecule has 4 nitrogen and oxygen atoms in total. The van der Waals surface area contributed by atoms with Crippen molar-refractivity contribution >= 4 is 23.6 Å². The van der Waals surface area contributed by atoms with Crippen LogP contribution in [0.15, 0.2) is 30.3 Å². The number of aliphatic hydroxyl groups excluding tert-OH is 1. The first kappa shape index (κ1) is 14.7. The Morgan fingerprint density at radius 1 is 1.33 bits per heavy atom. The third-order valence-corrected chi connectivity index (χ3v) is 3.56. The molecular formula is C13H17NO3S. The number of hydrogen-bond acceptors (Lipinski definition) is 4. The molecule has 0 aliphatic heterocycles. The average molecular weight is 267 g/mol. The van der Waals surface area contributed by atoms with Crippen LogP contribution in [0.25, 0.3) is 0 Å². The lowest BCUT2D eigenvalue weighted by atomic mass is 10.2. The summed E-state index contributed by atoms with van der Waals surface area (Å²) in [5.74, 6) is -0.464. The maximum atomic E-state index is 11.6. The standard InChI is InChI=1S/C13H17NO3S/c1-10(7-8-15)18-9-12(16)14-13(17)11-5-3-2-4-6-11/h2-6,10,15H,7-9H2,1H3,(H,14,16,17). The van der Waals surface area contributed by atoms with Crippen molar-refractivity contribution in [2.24, 2.45) is 0 Å². The lowest BCUT2D eigenvalue weighted by molar-refractivity contribution is -0.117. The maximum absolute atomic E-state index is 11.6. The van der Waals surface area contributed by atoms with E-state index in [9.17, 15) is 9.59 Å². The first-order chi connectivity index (χ1) is 8.63. The molecule has 1 atom stereocenters. The number of carbonyl (C=O) groups is 2. The molecule has 0 bridgehead atoms. The molecular weight excluding hydrogens is 250 g/mol. The number of benzene rings is 1. The Balaban J connectivity index is 2.34. The number of rotatable bonds is 6. The van der Waals surface area contributed by atoms with E-state index in [-0.39, 0.29) is 29.4 Å². The smallest absolute Gasteiger partial charge is 0.257 e. The Bertz CT molecular complexity index is 394. The predicted molar refractivity (Wildman–Crippen MR) is 72.5 cm³/mol. The summed E-state index contributed by atoms with van der Waals surface area (Å²) in [6.45, 7) is 2.05. The van der Waals surface area contributed by atoms with Crippen LogP contribution in [0.5, 0.6) is 0 Å². The molecule has 98 valence electrons. The SMILES string of the molecule is CC(CCO)SCC(=O)NC(=O)c1ccccc1. The summed E-state index contributed by atoms with van der Waals surface area (Å²) in [5, 5.41) is 11.3. The molecule has 0 aliphatic carbocycles. The van der Waals surface area contributed by atoms with Gasteiger partial charge in [-0.15, -0.1) is 11.8 Å². The van der Waals surface area contributed by atoms with Gasteiger partial charge in [0.1, 0.15) is 0 Å². The van der Waals surface area contributed by atoms with Crippen LogP contribution in [0.3, 0.4) is 0 Å². The Kier molecular flexibility index (Phi) is 6.46. The van der Waals surface area contributed by atoms with Crippen molar-refractivity contribution in [3.05, 3.63) is 35.9 Å². The fraction of sp³-hybridized carbons (Fsp3) is 0.385. The van der Waals surface area contributed by atoms with Crippen molar-refractivity contribution in [2.45, 2.75) is 18.6 Å². The second kappa shape index (κ2) is 7.89. The number of nitrogens with one attached hydrogen (secondary N) is 1. The molecule has 1 aromatic rings. The number of thioether (sulfide) groups is 1. The molecule has 5 heteroatoms. The molecule has 0 aromatic heterocycles. The van der Waals surface area contributed by atoms with Gasteiger partial charge in [0, 0.05) is 17.4 Å². The molecule has 0 fully saturated rings. The molecule has 1 aromatic carbocycles. The van der Waals surface area contributed by atoms with Gasteiger partial charge in [-0.25, -0.2) is 0 Å². The molecule has 18 heavy (non-hydrogen) atoms. The number of hydrogen-bond donors (Lipinski definition) is 2. The lowest BCUT2D eigenvalue weighted by Crippen LogP contribution is -2.32. The Morgan fingerprint density at radius 3 is 2.61 bits per heavy atom. The van der Waals surface area contributed by atoms with Crippen molar-refractivity contribution < 1.29 is 14.7 Å². The van der Waals surface area contributed by atoms with E-state index in [2.05, 4.69) is 5.32 Å². The molecule has 0 spiro atoms. The fourth-order valence-corrected chi connectivity index (χ4v) is 2.09. The summed E-state index contributed by atoms with van der Waals surface area (Å²) in [6.07, 6.45) is 0.643. The normalized spacial score (nSPS) is 11.9. The van der Waals surface area contributed by atoms with Gasteiger partial charge in [0.2, 0.25) is 5.91 Å². The predicted octanol–water partition coefficient (Wildman–Crippen LogP) is 1.45. The second-order valence-electron chi connectivity index (χ2n) is 3.88. The van der Waals surface area contributed by atoms with Crippen molar-refractivity contribution in [3.63, 3.8) is 0 Å². The Labute approximate surface area is 111 Å². The lowest BCUT2D eigenvalue weighted by Gasteiger charge is -2.09. The zero-order valence-electron chi connectivity index (χ0n) is 10.3. The van der Waals surface area contributed by atoms with Gasteiger partial charge in [-0.3, -0.25) is 14.9 Å². The summed E-state index contributed by atoms with van der Waals surface area (Å²) in [6, 6.07) is 8.62. The topological polar surface area (TPSA) is 66.4 Å². The van der Waals surface area contributed by atoms with Crippen LogP contribution >= 0.6 is 11.8 Å². The third kappa shape index (κ3) is 5.33. The summed E-state index contributed by atoms with van der Waals surface area (Å²) >= 11 is 1.42. The first-order valence-electron chi connectivity index (χ1n) is 5.75. The van der Waals surface area contributed by atoms with E-state index in [0.717, 1.165) is 0 Å². The van der Waals surface area contributed by atoms with Crippen LogP contribution in [0, 0.1) is 0 Å². The number of carbonyl (C=O) groups excluding carboxylic acids is 2. The largest absolute Gasteiger partial charge is 0.396 e. The highest BCUT2D eigenvalue weighted by Crippen LogP contribution is 2.12. The van der Waals surface area contributed by atoms with Gasteiger partial charge in [0.05, 0.1) is 5.75 Å². The summed E-state index contributed by atoms with van der Waals surface area (Å²) in [5.41, 5.74) is 0.472. The van der Waals surface area contributed by atoms with E-state index in [0.29, 0.717) is 12.0 Å². The van der Waals surface area contributed by atoms with Gasteiger partial charge in [0.15, 0.2) is 0 Å². The summed E-state index contributed by atoms with van der Waals surface area (Å²) in [7, 11) is 0. The molecule has 0 saturated heterocycles. The zero-order valence-corrected chi connectivity index (χ0v) is 11.1. The van der Waals surface area contributed by atoms with Gasteiger partial charge in [-0.05, 0) is 18.6 Å². The van der Waals surface area contributed by atoms with Crippen LogP contribution in [-0.4, -0.2) is 34.5 Å². The zero-order chi connectivity index (χ0) is 13.4. The minimum absolute atomic E-state index is 0.110. The highest BCUT2D eigenvalue weighted by Gasteiger charge is 2.11. The quantitative estimate of drug-likeness (QED) is 0.818. The monoisotopic (exact) mass is 267 g/mol. The molecule has 0 radical (unpaired) electrons. The van der Waals surface area contributed by atoms with E-state index >= 15 is 0 Å². The minimum Gasteiger partial charge on any atom is -0.396 e. The van der Waals surface area contributed by atoms with E-state index in [4.69, 9.17) is 5.11 Å². The number of imide groups is 1. The molecule has 1 rings (SSSR count). The van der Waals surface area contributed by atoms with Gasteiger partial charge in [0.25, 0.3) is 5.91 Å². The molecule has 2 amide bonds. The average Bonchev–Trinajstić information content (AvgIpc) is 2.38. The van der Waals surface area contributed by atoms with Gasteiger partial charge in [-0.2, -0.15) is 0 Å². The second-order valence-corrected chi connectivity index (χ2v) is 5.30. The molecule has 0 saturated carbocycles. The molecule has 0 aliphatic rings. The van der Waals surface area contributed by atoms with E-state index in [1.54, 1.807) is 24.3 Å². The van der Waals surface area contributed by atoms with Crippen LogP contribution in [-0.2, 0) is 4.79 Å². The van der Waals surface area contributed by atoms with Crippen LogP contribution in [0.2, 0.25) is 0 Å². The fourth-order valence-electron chi connectivity index (χ4n) is 1.31. The van der Waals surface area contributed by atoms with E-state index in [1.807, 2.05) is 13.0 Å². The Hall–Kier alpha value is -1.33. The summed E-state index contributed by atoms with van der Waals surface area (Å²) < 4.78 is 0. The third-order valence-electron chi connectivity index (χ3n) is 2.32. The Morgan fingerprint density at radius 2 is 2.00 bits per heavy atom. The first-order valence-corrected chi connectivity index (χ1v) is 6.80. The van der Waals surface area contributed by atoms with Crippen molar-refractivity contribution in [2.75, 3.05) is 12.4 Å². The van der Waals surface area contributed by atoms with E-state index < -0.39 is 0 Å². The van der Waals surface area contributed by atoms with Crippen molar-refractivity contribution in [1.82, 2.24) is 5.32 Å². The van der Waals surface area contributed by atoms with Gasteiger partial charge < -0.3 is 5.11 Å². The van der Waals surface area contributed by atoms with Crippen molar-refractivity contribution in [3.8, 4) is 0 Å². The highest BCUT2D eigenvalue weighted by atomic mass is 32.2. The summed E-state index contributed by atoms with van der Waals surface area (Å²) in [4.78, 5) is 23.2. The molecule has 2 N–H and O–H groups in total. The highest BCUT2D eigenvalue weighted by molar-refractivity contribution is 8.00. The van der Waals surface area contributed by atoms with E-state index in [1.165, 1.54) is 11.8 Å².